The lowest BCUT2D eigenvalue weighted by molar-refractivity contribution is -0.146. The molecule has 2 bridgehead atoms. The van der Waals surface area contributed by atoms with Crippen molar-refractivity contribution >= 4 is 53.2 Å². The van der Waals surface area contributed by atoms with Gasteiger partial charge in [0.2, 0.25) is 35.4 Å². The van der Waals surface area contributed by atoms with Gasteiger partial charge in [-0.2, -0.15) is 0 Å². The van der Waals surface area contributed by atoms with Crippen LogP contribution >= 0.6 is 11.8 Å². The maximum absolute atomic E-state index is 13.4. The van der Waals surface area contributed by atoms with E-state index in [1.807, 2.05) is 13.8 Å². The second-order valence-electron chi connectivity index (χ2n) is 11.0. The smallest absolute Gasteiger partial charge is 0.305 e. The Kier molecular flexibility index (Phi) is 10.4. The minimum Gasteiger partial charge on any atom is -0.481 e. The number of fused-ring (bicyclic) bond motifs is 1. The first kappa shape index (κ1) is 31.2. The Bertz CT molecular complexity index is 1050. The van der Waals surface area contributed by atoms with E-state index >= 15 is 0 Å². The summed E-state index contributed by atoms with van der Waals surface area (Å²) in [5.74, 6) is -5.45. The largest absolute Gasteiger partial charge is 0.481 e. The molecule has 0 aromatic carbocycles. The molecule has 0 aromatic rings. The van der Waals surface area contributed by atoms with Gasteiger partial charge in [-0.3, -0.25) is 33.6 Å². The monoisotopic (exact) mass is 582 g/mol. The Morgan fingerprint density at radius 2 is 1.57 bits per heavy atom. The zero-order valence-corrected chi connectivity index (χ0v) is 23.8. The van der Waals surface area contributed by atoms with Crippen LogP contribution in [0.25, 0.3) is 0 Å². The van der Waals surface area contributed by atoms with Gasteiger partial charge < -0.3 is 36.6 Å². The number of thioether (sulfide) groups is 1. The highest BCUT2D eigenvalue weighted by Gasteiger charge is 2.47. The van der Waals surface area contributed by atoms with Crippen LogP contribution in [0.5, 0.6) is 0 Å². The highest BCUT2D eigenvalue weighted by molar-refractivity contribution is 8.00. The summed E-state index contributed by atoms with van der Waals surface area (Å²) < 4.78 is 0. The molecule has 6 N–H and O–H groups in total. The number of carboxylic acids is 1. The Labute approximate surface area is 236 Å². The third-order valence-corrected chi connectivity index (χ3v) is 8.36. The number of hydrogen-bond donors (Lipinski definition) is 6. The van der Waals surface area contributed by atoms with Crippen molar-refractivity contribution in [2.24, 2.45) is 11.8 Å². The van der Waals surface area contributed by atoms with E-state index < -0.39 is 90.5 Å². The predicted molar refractivity (Wildman–Crippen MR) is 143 cm³/mol. The van der Waals surface area contributed by atoms with E-state index in [-0.39, 0.29) is 17.7 Å². The number of hydrogen-bond acceptors (Lipinski definition) is 8. The average molecular weight is 583 g/mol. The molecule has 6 amide bonds. The van der Waals surface area contributed by atoms with Crippen LogP contribution in [-0.2, 0) is 33.6 Å². The number of rotatable bonds is 5. The molecule has 40 heavy (non-hydrogen) atoms. The molecule has 0 aromatic heterocycles. The lowest BCUT2D eigenvalue weighted by Crippen LogP contribution is -2.63. The van der Waals surface area contributed by atoms with Gasteiger partial charge in [0.05, 0.1) is 18.3 Å². The van der Waals surface area contributed by atoms with Crippen molar-refractivity contribution in [1.29, 1.82) is 0 Å². The first-order valence-corrected chi connectivity index (χ1v) is 14.5. The molecule has 0 aliphatic carbocycles. The van der Waals surface area contributed by atoms with Gasteiger partial charge in [-0.05, 0) is 31.1 Å². The molecule has 3 aliphatic rings. The van der Waals surface area contributed by atoms with E-state index in [4.69, 9.17) is 0 Å². The maximum Gasteiger partial charge on any atom is 0.305 e. The van der Waals surface area contributed by atoms with Crippen LogP contribution in [0.4, 0.5) is 0 Å². The van der Waals surface area contributed by atoms with Crippen molar-refractivity contribution in [3.63, 3.8) is 0 Å². The maximum atomic E-state index is 13.4. The van der Waals surface area contributed by atoms with Crippen molar-refractivity contribution in [3.8, 4) is 0 Å². The SMILES string of the molecule is CC(C)C[C@@H]1NC(=O)CNC(=O)[C@@H]2CS[C@H]3CC[C@H](NC(=O)[C@H](C(C)C)NC(=O)[C@@H](CC(=O)O)NC1=O)C(=O)N32. The highest BCUT2D eigenvalue weighted by Crippen LogP contribution is 2.36. The summed E-state index contributed by atoms with van der Waals surface area (Å²) in [4.78, 5) is 91.6. The Morgan fingerprint density at radius 3 is 2.20 bits per heavy atom. The fourth-order valence-electron chi connectivity index (χ4n) is 4.97. The predicted octanol–water partition coefficient (Wildman–Crippen LogP) is -1.70. The van der Waals surface area contributed by atoms with Gasteiger partial charge in [-0.15, -0.1) is 11.8 Å². The quantitative estimate of drug-likeness (QED) is 0.218. The summed E-state index contributed by atoms with van der Waals surface area (Å²) >= 11 is 1.45. The summed E-state index contributed by atoms with van der Waals surface area (Å²) in [6, 6.07) is -5.55. The fourth-order valence-corrected chi connectivity index (χ4v) is 6.40. The molecule has 0 spiro atoms. The normalized spacial score (nSPS) is 30.6. The second-order valence-corrected chi connectivity index (χ2v) is 12.3. The standard InChI is InChI=1S/C25H38N6O8S/c1-11(2)7-14-21(35)29-15(8-19(33)34)22(36)30-20(12(3)4)24(38)28-13-5-6-18-31(25(13)39)16(10-40-18)23(37)26-9-17(32)27-14/h11-16,18,20H,5-10H2,1-4H3,(H,26,37)(H,27,32)(H,28,38)(H,29,35)(H,30,36)(H,33,34)/t13-,14-,15+,16-,18-,20-/m0/s1. The minimum absolute atomic E-state index is 0.0604. The first-order chi connectivity index (χ1) is 18.8. The van der Waals surface area contributed by atoms with Crippen molar-refractivity contribution in [1.82, 2.24) is 31.5 Å². The molecule has 3 saturated heterocycles. The Hall–Kier alpha value is -3.36. The molecule has 3 heterocycles. The third kappa shape index (κ3) is 7.64. The summed E-state index contributed by atoms with van der Waals surface area (Å²) in [6.07, 6.45) is 0.282. The van der Waals surface area contributed by atoms with E-state index in [0.29, 0.717) is 18.6 Å². The number of aliphatic carboxylic acids is 1. The van der Waals surface area contributed by atoms with Gasteiger partial charge in [0.25, 0.3) is 0 Å². The number of carbonyl (C=O) groups is 7. The van der Waals surface area contributed by atoms with Crippen LogP contribution in [0.3, 0.4) is 0 Å². The van der Waals surface area contributed by atoms with Crippen LogP contribution in [0.15, 0.2) is 0 Å². The molecule has 0 radical (unpaired) electrons. The fraction of sp³-hybridized carbons (Fsp3) is 0.720. The van der Waals surface area contributed by atoms with Crippen molar-refractivity contribution in [2.45, 2.75) is 89.0 Å². The minimum atomic E-state index is -1.54. The molecule has 15 heteroatoms. The number of piperidine rings is 1. The molecule has 6 atom stereocenters. The van der Waals surface area contributed by atoms with Crippen molar-refractivity contribution in [3.05, 3.63) is 0 Å². The first-order valence-electron chi connectivity index (χ1n) is 13.4. The number of amides is 6. The van der Waals surface area contributed by atoms with Crippen LogP contribution in [-0.4, -0.2) is 99.3 Å². The van der Waals surface area contributed by atoms with E-state index in [1.54, 1.807) is 13.8 Å². The summed E-state index contributed by atoms with van der Waals surface area (Å²) in [5.41, 5.74) is 0. The van der Waals surface area contributed by atoms with Crippen LogP contribution in [0, 0.1) is 11.8 Å². The zero-order valence-electron chi connectivity index (χ0n) is 23.0. The molecule has 3 aliphatic heterocycles. The van der Waals surface area contributed by atoms with Crippen molar-refractivity contribution < 1.29 is 38.7 Å². The van der Waals surface area contributed by atoms with E-state index in [9.17, 15) is 38.7 Å². The van der Waals surface area contributed by atoms with Crippen molar-refractivity contribution in [2.75, 3.05) is 12.3 Å². The van der Waals surface area contributed by atoms with Crippen LogP contribution in [0.2, 0.25) is 0 Å². The molecular weight excluding hydrogens is 544 g/mol. The number of carbonyl (C=O) groups excluding carboxylic acids is 6. The third-order valence-electron chi connectivity index (χ3n) is 7.01. The molecule has 222 valence electrons. The van der Waals surface area contributed by atoms with Crippen LogP contribution in [0.1, 0.15) is 53.4 Å². The molecule has 0 unspecified atom stereocenters. The molecule has 3 rings (SSSR count). The molecule has 0 saturated carbocycles. The number of nitrogens with zero attached hydrogens (tertiary/aromatic N) is 1. The van der Waals surface area contributed by atoms with Crippen LogP contribution < -0.4 is 26.6 Å². The molecule has 14 nitrogen and oxygen atoms in total. The van der Waals surface area contributed by atoms with Gasteiger partial charge >= 0.3 is 5.97 Å². The second kappa shape index (κ2) is 13.3. The molecule has 3 fully saturated rings. The summed E-state index contributed by atoms with van der Waals surface area (Å²) in [6.45, 7) is 6.52. The van der Waals surface area contributed by atoms with Gasteiger partial charge in [-0.25, -0.2) is 0 Å². The van der Waals surface area contributed by atoms with Gasteiger partial charge in [0.1, 0.15) is 30.2 Å². The van der Waals surface area contributed by atoms with E-state index in [1.165, 1.54) is 16.7 Å². The summed E-state index contributed by atoms with van der Waals surface area (Å²) in [5, 5.41) is 21.8. The Balaban J connectivity index is 1.94. The highest BCUT2D eigenvalue weighted by atomic mass is 32.2. The number of carboxylic acid groups (broad SMARTS) is 1. The van der Waals surface area contributed by atoms with E-state index in [2.05, 4.69) is 26.6 Å². The number of nitrogens with one attached hydrogen (secondary N) is 5. The average Bonchev–Trinajstić information content (AvgIpc) is 3.30. The lowest BCUT2D eigenvalue weighted by atomic mass is 9.98. The van der Waals surface area contributed by atoms with Gasteiger partial charge in [0.15, 0.2) is 0 Å². The lowest BCUT2D eigenvalue weighted by Gasteiger charge is -2.37. The zero-order chi connectivity index (χ0) is 29.7. The van der Waals surface area contributed by atoms with E-state index in [0.717, 1.165) is 0 Å². The van der Waals surface area contributed by atoms with Gasteiger partial charge in [0, 0.05) is 5.75 Å². The summed E-state index contributed by atoms with van der Waals surface area (Å²) in [7, 11) is 0. The molecular formula is C25H38N6O8S. The van der Waals surface area contributed by atoms with Gasteiger partial charge in [-0.1, -0.05) is 27.7 Å². The Morgan fingerprint density at radius 1 is 0.900 bits per heavy atom. The topological polar surface area (TPSA) is 203 Å².